The molecule has 0 aliphatic rings. The predicted molar refractivity (Wildman–Crippen MR) is 216 cm³/mol. The van der Waals surface area contributed by atoms with Crippen LogP contribution in [-0.4, -0.2) is 9.13 Å². The molecule has 0 saturated heterocycles. The molecule has 8 aromatic carbocycles. The number of nitriles is 1. The lowest BCUT2D eigenvalue weighted by atomic mass is 9.97. The van der Waals surface area contributed by atoms with Crippen molar-refractivity contribution in [1.82, 2.24) is 9.13 Å². The fourth-order valence-corrected chi connectivity index (χ4v) is 7.89. The maximum Gasteiger partial charge on any atom is 0.0992 e. The first-order chi connectivity index (χ1) is 25.7. The normalized spacial score (nSPS) is 11.4. The van der Waals surface area contributed by atoms with Crippen molar-refractivity contribution in [3.63, 3.8) is 0 Å². The second kappa shape index (κ2) is 12.0. The van der Waals surface area contributed by atoms with Crippen LogP contribution < -0.4 is 0 Å². The van der Waals surface area contributed by atoms with Crippen molar-refractivity contribution < 1.29 is 0 Å². The molecule has 52 heavy (non-hydrogen) atoms. The fourth-order valence-electron chi connectivity index (χ4n) is 7.89. The van der Waals surface area contributed by atoms with Crippen molar-refractivity contribution in [2.45, 2.75) is 0 Å². The standard InChI is InChI=1S/C49H31N3/c50-32-33-11-9-18-41(27-33)52-48-26-23-38(37-22-25-47-44(29-37)42-19-7-8-20-46(42)51(47)40-16-5-2-6-17-40)30-45(48)43-24-21-39(31-49(43)52)36-15-10-14-35(28-36)34-12-3-1-4-13-34/h1-31H. The van der Waals surface area contributed by atoms with Crippen LogP contribution in [0.5, 0.6) is 0 Å². The largest absolute Gasteiger partial charge is 0.309 e. The van der Waals surface area contributed by atoms with Gasteiger partial charge in [0, 0.05) is 32.9 Å². The lowest BCUT2D eigenvalue weighted by molar-refractivity contribution is 1.18. The maximum absolute atomic E-state index is 9.81. The summed E-state index contributed by atoms with van der Waals surface area (Å²) in [6, 6.07) is 69.2. The molecule has 0 N–H and O–H groups in total. The summed E-state index contributed by atoms with van der Waals surface area (Å²) in [4.78, 5) is 0. The van der Waals surface area contributed by atoms with Gasteiger partial charge >= 0.3 is 0 Å². The lowest BCUT2D eigenvalue weighted by Gasteiger charge is -2.10. The molecule has 3 heteroatoms. The summed E-state index contributed by atoms with van der Waals surface area (Å²) in [7, 11) is 0. The molecule has 0 aliphatic carbocycles. The van der Waals surface area contributed by atoms with E-state index in [0.29, 0.717) is 5.56 Å². The van der Waals surface area contributed by atoms with Gasteiger partial charge in [-0.3, -0.25) is 0 Å². The van der Waals surface area contributed by atoms with Crippen LogP contribution in [0, 0.1) is 11.3 Å². The Morgan fingerprint density at radius 2 is 0.808 bits per heavy atom. The lowest BCUT2D eigenvalue weighted by Crippen LogP contribution is -1.95. The molecule has 0 bridgehead atoms. The molecule has 0 aliphatic heterocycles. The van der Waals surface area contributed by atoms with Crippen molar-refractivity contribution >= 4 is 43.6 Å². The van der Waals surface area contributed by atoms with E-state index in [1.807, 2.05) is 18.2 Å². The Bertz CT molecular complexity index is 3010. The average Bonchev–Trinajstić information content (AvgIpc) is 3.73. The van der Waals surface area contributed by atoms with Gasteiger partial charge in [-0.1, -0.05) is 115 Å². The van der Waals surface area contributed by atoms with Gasteiger partial charge in [-0.25, -0.2) is 0 Å². The van der Waals surface area contributed by atoms with E-state index >= 15 is 0 Å². The minimum atomic E-state index is 0.638. The van der Waals surface area contributed by atoms with Gasteiger partial charge in [-0.2, -0.15) is 5.26 Å². The van der Waals surface area contributed by atoms with Gasteiger partial charge < -0.3 is 9.13 Å². The van der Waals surface area contributed by atoms with Crippen LogP contribution in [0.25, 0.3) is 88.4 Å². The van der Waals surface area contributed by atoms with E-state index in [4.69, 9.17) is 0 Å². The number of benzene rings is 8. The maximum atomic E-state index is 9.81. The molecule has 10 aromatic rings. The number of nitrogens with zero attached hydrogens (tertiary/aromatic N) is 3. The monoisotopic (exact) mass is 661 g/mol. The van der Waals surface area contributed by atoms with Crippen LogP contribution in [0.3, 0.4) is 0 Å². The highest BCUT2D eigenvalue weighted by atomic mass is 15.0. The zero-order chi connectivity index (χ0) is 34.6. The summed E-state index contributed by atoms with van der Waals surface area (Å²) in [5, 5.41) is 14.6. The SMILES string of the molecule is N#Cc1cccc(-n2c3ccc(-c4ccc5c(c4)c4ccccc4n5-c4ccccc4)cc3c3ccc(-c4cccc(-c5ccccc5)c4)cc32)c1. The van der Waals surface area contributed by atoms with Gasteiger partial charge in [0.15, 0.2) is 0 Å². The average molecular weight is 662 g/mol. The first kappa shape index (κ1) is 29.7. The Hall–Kier alpha value is -7.15. The molecule has 0 radical (unpaired) electrons. The van der Waals surface area contributed by atoms with Gasteiger partial charge in [0.05, 0.1) is 33.7 Å². The van der Waals surface area contributed by atoms with Crippen molar-refractivity contribution in [2.75, 3.05) is 0 Å². The highest BCUT2D eigenvalue weighted by Gasteiger charge is 2.17. The van der Waals surface area contributed by atoms with Crippen molar-refractivity contribution in [1.29, 1.82) is 5.26 Å². The zero-order valence-electron chi connectivity index (χ0n) is 28.2. The minimum absolute atomic E-state index is 0.638. The molecular formula is C49H31N3. The minimum Gasteiger partial charge on any atom is -0.309 e. The van der Waals surface area contributed by atoms with E-state index in [1.165, 1.54) is 49.3 Å². The van der Waals surface area contributed by atoms with Crippen LogP contribution in [0.4, 0.5) is 0 Å². The third-order valence-electron chi connectivity index (χ3n) is 10.3. The summed E-state index contributed by atoms with van der Waals surface area (Å²) in [6.45, 7) is 0. The molecule has 3 nitrogen and oxygen atoms in total. The number of hydrogen-bond donors (Lipinski definition) is 0. The van der Waals surface area contributed by atoms with Crippen LogP contribution in [-0.2, 0) is 0 Å². The van der Waals surface area contributed by atoms with E-state index in [0.717, 1.165) is 39.1 Å². The van der Waals surface area contributed by atoms with E-state index in [9.17, 15) is 5.26 Å². The summed E-state index contributed by atoms with van der Waals surface area (Å²) in [5.41, 5.74) is 14.4. The topological polar surface area (TPSA) is 33.6 Å². The first-order valence-electron chi connectivity index (χ1n) is 17.6. The molecule has 0 fully saturated rings. The number of rotatable bonds is 5. The molecule has 242 valence electrons. The van der Waals surface area contributed by atoms with Crippen molar-refractivity contribution in [2.24, 2.45) is 0 Å². The Morgan fingerprint density at radius 1 is 0.308 bits per heavy atom. The highest BCUT2D eigenvalue weighted by Crippen LogP contribution is 2.39. The van der Waals surface area contributed by atoms with Gasteiger partial charge in [0.25, 0.3) is 0 Å². The first-order valence-corrected chi connectivity index (χ1v) is 17.6. The number of para-hydroxylation sites is 2. The van der Waals surface area contributed by atoms with Crippen molar-refractivity contribution in [3.8, 4) is 50.8 Å². The molecule has 0 amide bonds. The molecule has 10 rings (SSSR count). The molecule has 2 heterocycles. The zero-order valence-corrected chi connectivity index (χ0v) is 28.2. The predicted octanol–water partition coefficient (Wildman–Crippen LogP) is 12.8. The second-order valence-corrected chi connectivity index (χ2v) is 13.3. The van der Waals surface area contributed by atoms with Gasteiger partial charge in [-0.15, -0.1) is 0 Å². The molecule has 0 atom stereocenters. The Kier molecular flexibility index (Phi) is 6.87. The van der Waals surface area contributed by atoms with E-state index in [-0.39, 0.29) is 0 Å². The van der Waals surface area contributed by atoms with E-state index in [2.05, 4.69) is 185 Å². The smallest absolute Gasteiger partial charge is 0.0992 e. The van der Waals surface area contributed by atoms with E-state index in [1.54, 1.807) is 0 Å². The molecule has 0 unspecified atom stereocenters. The third kappa shape index (κ3) is 4.81. The quantitative estimate of drug-likeness (QED) is 0.181. The Morgan fingerprint density at radius 3 is 1.54 bits per heavy atom. The molecular weight excluding hydrogens is 631 g/mol. The fraction of sp³-hybridized carbons (Fsp3) is 0. The Labute approximate surface area is 301 Å². The number of aromatic nitrogens is 2. The summed E-state index contributed by atoms with van der Waals surface area (Å²) < 4.78 is 4.66. The molecule has 0 spiro atoms. The van der Waals surface area contributed by atoms with Gasteiger partial charge in [-0.05, 0) is 106 Å². The van der Waals surface area contributed by atoms with Gasteiger partial charge in [0.1, 0.15) is 0 Å². The summed E-state index contributed by atoms with van der Waals surface area (Å²) in [6.07, 6.45) is 0. The molecule has 2 aromatic heterocycles. The Balaban J connectivity index is 1.16. The summed E-state index contributed by atoms with van der Waals surface area (Å²) in [5.74, 6) is 0. The van der Waals surface area contributed by atoms with E-state index < -0.39 is 0 Å². The number of fused-ring (bicyclic) bond motifs is 6. The van der Waals surface area contributed by atoms with Crippen LogP contribution >= 0.6 is 0 Å². The van der Waals surface area contributed by atoms with Crippen molar-refractivity contribution in [3.05, 3.63) is 194 Å². The third-order valence-corrected chi connectivity index (χ3v) is 10.3. The van der Waals surface area contributed by atoms with Gasteiger partial charge in [0.2, 0.25) is 0 Å². The van der Waals surface area contributed by atoms with Crippen LogP contribution in [0.1, 0.15) is 5.56 Å². The molecule has 0 saturated carbocycles. The highest BCUT2D eigenvalue weighted by molar-refractivity contribution is 6.13. The van der Waals surface area contributed by atoms with Crippen LogP contribution in [0.15, 0.2) is 188 Å². The second-order valence-electron chi connectivity index (χ2n) is 13.3. The number of hydrogen-bond acceptors (Lipinski definition) is 1. The van der Waals surface area contributed by atoms with Crippen LogP contribution in [0.2, 0.25) is 0 Å². The summed E-state index contributed by atoms with van der Waals surface area (Å²) >= 11 is 0.